The number of aryl methyl sites for hydroxylation is 1. The maximum atomic E-state index is 14.1. The molecule has 5 aromatic rings. The standard InChI is InChI=1S/C34H33F4N7O4/c1-18-10-30(49-33-23(35)4-3-5-24(33)36)41-16-27(18)45-34(40-2)22(15-42-45)32(47)26-11-20-12-28(48-17-29(37)38)21(13-25(20)43-26)19-6-8-44(9-7-19)31(46)14-39/h3-5,10-13,15-16,19,29,40,43H,6-9,14,17,39H2,1-2H3. The Morgan fingerprint density at radius 2 is 1.84 bits per heavy atom. The van der Waals surface area contributed by atoms with Crippen LogP contribution >= 0.6 is 0 Å². The van der Waals surface area contributed by atoms with Gasteiger partial charge in [0.1, 0.15) is 18.2 Å². The van der Waals surface area contributed by atoms with Crippen molar-refractivity contribution in [1.29, 1.82) is 0 Å². The third-order valence-corrected chi connectivity index (χ3v) is 8.49. The van der Waals surface area contributed by atoms with Crippen LogP contribution in [0.5, 0.6) is 17.4 Å². The second-order valence-corrected chi connectivity index (χ2v) is 11.6. The molecule has 1 aliphatic heterocycles. The van der Waals surface area contributed by atoms with Gasteiger partial charge in [-0.25, -0.2) is 27.2 Å². The summed E-state index contributed by atoms with van der Waals surface area (Å²) in [7, 11) is 1.63. The Balaban J connectivity index is 1.28. The molecular weight excluding hydrogens is 646 g/mol. The monoisotopic (exact) mass is 679 g/mol. The Bertz CT molecular complexity index is 2000. The third kappa shape index (κ3) is 6.79. The molecule has 0 atom stereocenters. The summed E-state index contributed by atoms with van der Waals surface area (Å²) in [6.45, 7) is 1.82. The number of hydrogen-bond acceptors (Lipinski definition) is 8. The van der Waals surface area contributed by atoms with E-state index in [-0.39, 0.29) is 35.5 Å². The number of nitrogens with two attached hydrogens (primary N) is 1. The molecule has 11 nitrogen and oxygen atoms in total. The number of aromatic amines is 1. The fraction of sp³-hybridized carbons (Fsp3) is 0.294. The minimum Gasteiger partial charge on any atom is -0.487 e. The van der Waals surface area contributed by atoms with Crippen molar-refractivity contribution in [1.82, 2.24) is 24.6 Å². The van der Waals surface area contributed by atoms with E-state index in [0.29, 0.717) is 65.2 Å². The molecule has 15 heteroatoms. The molecular formula is C34H33F4N7O4. The summed E-state index contributed by atoms with van der Waals surface area (Å²) in [4.78, 5) is 35.0. The van der Waals surface area contributed by atoms with Gasteiger partial charge in [-0.15, -0.1) is 0 Å². The highest BCUT2D eigenvalue weighted by molar-refractivity contribution is 6.13. The Morgan fingerprint density at radius 3 is 2.49 bits per heavy atom. The first-order chi connectivity index (χ1) is 23.6. The summed E-state index contributed by atoms with van der Waals surface area (Å²) in [6, 6.07) is 9.95. The fourth-order valence-corrected chi connectivity index (χ4v) is 6.03. The average Bonchev–Trinajstić information content (AvgIpc) is 3.72. The van der Waals surface area contributed by atoms with Crippen molar-refractivity contribution in [3.8, 4) is 23.1 Å². The fourth-order valence-electron chi connectivity index (χ4n) is 6.03. The van der Waals surface area contributed by atoms with Crippen molar-refractivity contribution in [2.45, 2.75) is 32.1 Å². The van der Waals surface area contributed by atoms with E-state index < -0.39 is 36.2 Å². The number of pyridine rings is 1. The second-order valence-electron chi connectivity index (χ2n) is 11.6. The molecule has 4 N–H and O–H groups in total. The van der Waals surface area contributed by atoms with Gasteiger partial charge in [-0.1, -0.05) is 6.07 Å². The van der Waals surface area contributed by atoms with Crippen molar-refractivity contribution in [3.05, 3.63) is 88.9 Å². The lowest BCUT2D eigenvalue weighted by Gasteiger charge is -2.32. The third-order valence-electron chi connectivity index (χ3n) is 8.49. The smallest absolute Gasteiger partial charge is 0.272 e. The zero-order chi connectivity index (χ0) is 34.8. The molecule has 1 saturated heterocycles. The Morgan fingerprint density at radius 1 is 1.10 bits per heavy atom. The molecule has 0 unspecified atom stereocenters. The lowest BCUT2D eigenvalue weighted by Crippen LogP contribution is -2.41. The van der Waals surface area contributed by atoms with Crippen LogP contribution in [0.3, 0.4) is 0 Å². The van der Waals surface area contributed by atoms with Crippen molar-refractivity contribution >= 4 is 28.4 Å². The highest BCUT2D eigenvalue weighted by atomic mass is 19.3. The summed E-state index contributed by atoms with van der Waals surface area (Å²) in [5, 5.41) is 8.01. The minimum atomic E-state index is -2.68. The predicted octanol–water partition coefficient (Wildman–Crippen LogP) is 5.71. The second kappa shape index (κ2) is 14.0. The quantitative estimate of drug-likeness (QED) is 0.119. The SMILES string of the molecule is CNc1c(C(=O)c2cc3cc(OCC(F)F)c(C4CCN(C(=O)CN)CC4)cc3[nH]2)cnn1-c1cnc(Oc2c(F)cccc2F)cc1C. The number of carbonyl (C=O) groups is 2. The molecule has 256 valence electrons. The number of likely N-dealkylation sites (tertiary alicyclic amines) is 1. The maximum absolute atomic E-state index is 14.1. The highest BCUT2D eigenvalue weighted by Crippen LogP contribution is 2.38. The topological polar surface area (TPSA) is 140 Å². The number of fused-ring (bicyclic) bond motifs is 1. The van der Waals surface area contributed by atoms with Gasteiger partial charge in [0.15, 0.2) is 11.6 Å². The van der Waals surface area contributed by atoms with Gasteiger partial charge in [-0.05, 0) is 67.1 Å². The van der Waals surface area contributed by atoms with E-state index in [1.54, 1.807) is 31.0 Å². The van der Waals surface area contributed by atoms with Crippen LogP contribution in [0.2, 0.25) is 0 Å². The highest BCUT2D eigenvalue weighted by Gasteiger charge is 2.27. The van der Waals surface area contributed by atoms with E-state index in [0.717, 1.165) is 12.1 Å². The van der Waals surface area contributed by atoms with Gasteiger partial charge < -0.3 is 30.4 Å². The number of rotatable bonds is 11. The first-order valence-corrected chi connectivity index (χ1v) is 15.5. The van der Waals surface area contributed by atoms with Crippen molar-refractivity contribution < 1.29 is 36.6 Å². The van der Waals surface area contributed by atoms with Gasteiger partial charge in [0.2, 0.25) is 23.3 Å². The van der Waals surface area contributed by atoms with Gasteiger partial charge in [0, 0.05) is 37.1 Å². The zero-order valence-electron chi connectivity index (χ0n) is 26.6. The molecule has 0 aliphatic carbocycles. The van der Waals surface area contributed by atoms with Crippen molar-refractivity contribution in [2.75, 3.05) is 38.6 Å². The van der Waals surface area contributed by atoms with Crippen LogP contribution in [0, 0.1) is 18.6 Å². The summed E-state index contributed by atoms with van der Waals surface area (Å²) in [5.74, 6) is -2.31. The number of aromatic nitrogens is 4. The summed E-state index contributed by atoms with van der Waals surface area (Å²) >= 11 is 0. The first kappa shape index (κ1) is 33.5. The van der Waals surface area contributed by atoms with Crippen LogP contribution in [0.1, 0.15) is 45.9 Å². The molecule has 49 heavy (non-hydrogen) atoms. The normalized spacial score (nSPS) is 13.7. The number of H-pyrrole nitrogens is 1. The number of benzene rings is 2. The maximum Gasteiger partial charge on any atom is 0.272 e. The first-order valence-electron chi connectivity index (χ1n) is 15.5. The van der Waals surface area contributed by atoms with E-state index in [1.165, 1.54) is 29.2 Å². The molecule has 0 spiro atoms. The van der Waals surface area contributed by atoms with E-state index in [4.69, 9.17) is 15.2 Å². The summed E-state index contributed by atoms with van der Waals surface area (Å²) in [6.07, 6.45) is 1.33. The van der Waals surface area contributed by atoms with E-state index in [1.807, 2.05) is 6.07 Å². The Kier molecular flexibility index (Phi) is 9.53. The number of ketones is 1. The number of alkyl halides is 2. The molecule has 1 amide bonds. The van der Waals surface area contributed by atoms with Crippen LogP contribution in [-0.4, -0.2) is 76.1 Å². The molecule has 0 saturated carbocycles. The van der Waals surface area contributed by atoms with Crippen LogP contribution in [0.4, 0.5) is 23.4 Å². The summed E-state index contributed by atoms with van der Waals surface area (Å²) in [5.41, 5.74) is 8.37. The molecule has 6 rings (SSSR count). The van der Waals surface area contributed by atoms with Crippen LogP contribution in [0.15, 0.2) is 54.9 Å². The molecule has 3 aromatic heterocycles. The number of ether oxygens (including phenoxy) is 2. The molecule has 1 fully saturated rings. The zero-order valence-corrected chi connectivity index (χ0v) is 26.6. The average molecular weight is 680 g/mol. The molecule has 0 bridgehead atoms. The predicted molar refractivity (Wildman–Crippen MR) is 173 cm³/mol. The van der Waals surface area contributed by atoms with Gasteiger partial charge in [-0.2, -0.15) is 5.10 Å². The number of piperidine rings is 1. The van der Waals surface area contributed by atoms with Crippen LogP contribution in [0.25, 0.3) is 16.6 Å². The number of para-hydroxylation sites is 1. The van der Waals surface area contributed by atoms with Crippen LogP contribution < -0.4 is 20.5 Å². The lowest BCUT2D eigenvalue weighted by atomic mass is 9.88. The van der Waals surface area contributed by atoms with E-state index in [9.17, 15) is 27.2 Å². The van der Waals surface area contributed by atoms with Crippen molar-refractivity contribution in [3.63, 3.8) is 0 Å². The van der Waals surface area contributed by atoms with Gasteiger partial charge in [0.05, 0.1) is 35.9 Å². The van der Waals surface area contributed by atoms with Crippen molar-refractivity contribution in [2.24, 2.45) is 5.73 Å². The summed E-state index contributed by atoms with van der Waals surface area (Å²) < 4.78 is 66.9. The number of nitrogens with zero attached hydrogens (tertiary/aromatic N) is 4. The number of amides is 1. The van der Waals surface area contributed by atoms with Crippen LogP contribution in [-0.2, 0) is 4.79 Å². The van der Waals surface area contributed by atoms with E-state index >= 15 is 0 Å². The Labute approximate surface area is 278 Å². The number of carbonyl (C=O) groups excluding carboxylic acids is 2. The largest absolute Gasteiger partial charge is 0.487 e. The van der Waals surface area contributed by atoms with Gasteiger partial charge in [0.25, 0.3) is 6.43 Å². The number of nitrogens with one attached hydrogen (secondary N) is 2. The lowest BCUT2D eigenvalue weighted by molar-refractivity contribution is -0.130. The molecule has 4 heterocycles. The molecule has 1 aliphatic rings. The van der Waals surface area contributed by atoms with E-state index in [2.05, 4.69) is 20.4 Å². The number of halogens is 4. The number of hydrogen-bond donors (Lipinski definition) is 3. The Hall–Kier alpha value is -5.44. The van der Waals surface area contributed by atoms with Gasteiger partial charge >= 0.3 is 0 Å². The molecule has 2 aromatic carbocycles. The minimum absolute atomic E-state index is 0.0383. The molecule has 0 radical (unpaired) electrons. The number of anilines is 1. The van der Waals surface area contributed by atoms with Gasteiger partial charge in [-0.3, -0.25) is 9.59 Å².